The zero-order chi connectivity index (χ0) is 27.9. The molecule has 0 aromatic carbocycles. The Morgan fingerprint density at radius 3 is 1.39 bits per heavy atom. The van der Waals surface area contributed by atoms with E-state index in [1.807, 2.05) is 13.8 Å². The summed E-state index contributed by atoms with van der Waals surface area (Å²) < 4.78 is 32.7. The van der Waals surface area contributed by atoms with Crippen LogP contribution in [0.3, 0.4) is 0 Å². The molecule has 4 N–H and O–H groups in total. The lowest BCUT2D eigenvalue weighted by Crippen LogP contribution is -2.53. The van der Waals surface area contributed by atoms with Gasteiger partial charge in [0.2, 0.25) is 0 Å². The number of amides is 4. The summed E-state index contributed by atoms with van der Waals surface area (Å²) in [5.74, 6) is 0. The summed E-state index contributed by atoms with van der Waals surface area (Å²) in [6.07, 6.45) is 1.62. The van der Waals surface area contributed by atoms with Gasteiger partial charge in [0, 0.05) is 54.4 Å². The SMILES string of the molecule is CO[C@H]1C[C@H](OC)[C@H](ONC(=O)NCCCCCCNC(=O)NO[C@@H]2[C@H](C)O[C@@H](OC)C[C@@H]2OC)[C@H](C)O1. The van der Waals surface area contributed by atoms with Gasteiger partial charge in [0.25, 0.3) is 0 Å². The summed E-state index contributed by atoms with van der Waals surface area (Å²) in [4.78, 5) is 35.1. The maximum atomic E-state index is 12.0. The van der Waals surface area contributed by atoms with Gasteiger partial charge in [-0.15, -0.1) is 0 Å². The number of methoxy groups -OCH3 is 4. The van der Waals surface area contributed by atoms with E-state index in [4.69, 9.17) is 38.1 Å². The number of nitrogens with one attached hydrogen (secondary N) is 4. The Balaban J connectivity index is 1.49. The molecule has 0 aromatic rings. The summed E-state index contributed by atoms with van der Waals surface area (Å²) >= 11 is 0. The van der Waals surface area contributed by atoms with E-state index < -0.39 is 24.3 Å². The minimum Gasteiger partial charge on any atom is -0.378 e. The number of carbonyl (C=O) groups excluding carboxylic acids is 2. The minimum atomic E-state index is -0.448. The van der Waals surface area contributed by atoms with Gasteiger partial charge in [-0.3, -0.25) is 9.68 Å². The van der Waals surface area contributed by atoms with Crippen molar-refractivity contribution >= 4 is 12.1 Å². The Morgan fingerprint density at radius 2 is 1.05 bits per heavy atom. The second kappa shape index (κ2) is 17.7. The number of hydrogen-bond acceptors (Lipinski definition) is 10. The highest BCUT2D eigenvalue weighted by atomic mass is 16.7. The zero-order valence-corrected chi connectivity index (χ0v) is 23.4. The molecule has 14 heteroatoms. The molecule has 222 valence electrons. The number of unbranched alkanes of at least 4 members (excludes halogenated alkanes) is 3. The maximum Gasteiger partial charge on any atom is 0.338 e. The number of urea groups is 2. The molecule has 4 amide bonds. The first-order valence-electron chi connectivity index (χ1n) is 13.1. The van der Waals surface area contributed by atoms with Crippen LogP contribution in [0.4, 0.5) is 9.59 Å². The summed E-state index contributed by atoms with van der Waals surface area (Å²) in [5, 5.41) is 5.52. The van der Waals surface area contributed by atoms with Crippen LogP contribution >= 0.6 is 0 Å². The van der Waals surface area contributed by atoms with Crippen LogP contribution in [0.5, 0.6) is 0 Å². The maximum absolute atomic E-state index is 12.0. The van der Waals surface area contributed by atoms with E-state index in [0.29, 0.717) is 25.9 Å². The fourth-order valence-electron chi connectivity index (χ4n) is 4.43. The molecular formula is C24H46N4O10. The average Bonchev–Trinajstić information content (AvgIpc) is 2.91. The Kier molecular flexibility index (Phi) is 15.1. The van der Waals surface area contributed by atoms with E-state index in [-0.39, 0.29) is 37.0 Å². The molecule has 14 nitrogen and oxygen atoms in total. The highest BCUT2D eigenvalue weighted by Gasteiger charge is 2.39. The lowest BCUT2D eigenvalue weighted by Gasteiger charge is -2.38. The van der Waals surface area contributed by atoms with Crippen LogP contribution < -0.4 is 21.6 Å². The quantitative estimate of drug-likeness (QED) is 0.173. The second-order valence-corrected chi connectivity index (χ2v) is 9.33. The molecule has 2 aliphatic rings. The molecule has 2 rings (SSSR count). The third kappa shape index (κ3) is 10.8. The van der Waals surface area contributed by atoms with Gasteiger partial charge in [-0.05, 0) is 26.7 Å². The van der Waals surface area contributed by atoms with E-state index in [1.165, 1.54) is 0 Å². The third-order valence-electron chi connectivity index (χ3n) is 6.62. The molecule has 0 aromatic heterocycles. The van der Waals surface area contributed by atoms with Crippen molar-refractivity contribution in [3.63, 3.8) is 0 Å². The molecule has 0 spiro atoms. The largest absolute Gasteiger partial charge is 0.378 e. The van der Waals surface area contributed by atoms with Crippen LogP contribution in [-0.2, 0) is 38.1 Å². The van der Waals surface area contributed by atoms with Gasteiger partial charge in [0.15, 0.2) is 12.6 Å². The lowest BCUT2D eigenvalue weighted by atomic mass is 10.0. The standard InChI is InChI=1S/C24H46N4O10/c1-15-21(17(31-3)13-19(33-5)35-15)37-27-23(29)25-11-9-7-8-10-12-26-24(30)28-38-22-16(2)36-20(34-6)14-18(22)32-4/h15-22H,7-14H2,1-6H3,(H2,25,27,29)(H2,26,28,30)/t15-,16-,17-,18-,19+,20+,21+,22+/m0/s1. The van der Waals surface area contributed by atoms with E-state index in [9.17, 15) is 9.59 Å². The Morgan fingerprint density at radius 1 is 0.658 bits per heavy atom. The molecule has 2 heterocycles. The van der Waals surface area contributed by atoms with Crippen molar-refractivity contribution in [3.05, 3.63) is 0 Å². The van der Waals surface area contributed by atoms with Gasteiger partial charge >= 0.3 is 12.1 Å². The van der Waals surface area contributed by atoms with Crippen LogP contribution in [0.15, 0.2) is 0 Å². The fourth-order valence-corrected chi connectivity index (χ4v) is 4.43. The molecule has 2 fully saturated rings. The predicted molar refractivity (Wildman–Crippen MR) is 135 cm³/mol. The van der Waals surface area contributed by atoms with Crippen molar-refractivity contribution in [2.24, 2.45) is 0 Å². The predicted octanol–water partition coefficient (Wildman–Crippen LogP) is 1.34. The molecule has 2 aliphatic heterocycles. The van der Waals surface area contributed by atoms with Crippen LogP contribution in [0.25, 0.3) is 0 Å². The molecule has 8 atom stereocenters. The van der Waals surface area contributed by atoms with Crippen LogP contribution in [0.1, 0.15) is 52.4 Å². The van der Waals surface area contributed by atoms with Crippen molar-refractivity contribution < 1.29 is 47.7 Å². The molecule has 0 unspecified atom stereocenters. The highest BCUT2D eigenvalue weighted by molar-refractivity contribution is 5.72. The first-order valence-corrected chi connectivity index (χ1v) is 13.1. The summed E-state index contributed by atoms with van der Waals surface area (Å²) in [6, 6.07) is -0.851. The van der Waals surface area contributed by atoms with Crippen LogP contribution in [0, 0.1) is 0 Å². The summed E-state index contributed by atoms with van der Waals surface area (Å²) in [5.41, 5.74) is 4.83. The summed E-state index contributed by atoms with van der Waals surface area (Å²) in [7, 11) is 6.32. The molecule has 38 heavy (non-hydrogen) atoms. The number of hydrogen-bond donors (Lipinski definition) is 4. The van der Waals surface area contributed by atoms with Crippen molar-refractivity contribution in [2.75, 3.05) is 41.5 Å². The Bertz CT molecular complexity index is 635. The number of rotatable bonds is 15. The van der Waals surface area contributed by atoms with Gasteiger partial charge in [0.1, 0.15) is 12.2 Å². The van der Waals surface area contributed by atoms with Gasteiger partial charge in [-0.25, -0.2) is 20.5 Å². The van der Waals surface area contributed by atoms with Gasteiger partial charge in [-0.1, -0.05) is 12.8 Å². The van der Waals surface area contributed by atoms with Gasteiger partial charge in [-0.2, -0.15) is 0 Å². The van der Waals surface area contributed by atoms with Gasteiger partial charge in [0.05, 0.1) is 24.4 Å². The van der Waals surface area contributed by atoms with E-state index in [2.05, 4.69) is 21.6 Å². The van der Waals surface area contributed by atoms with E-state index in [1.54, 1.807) is 28.4 Å². The molecule has 0 bridgehead atoms. The first kappa shape index (κ1) is 32.4. The second-order valence-electron chi connectivity index (χ2n) is 9.33. The molecule has 0 aliphatic carbocycles. The molecule has 2 saturated heterocycles. The van der Waals surface area contributed by atoms with E-state index in [0.717, 1.165) is 25.7 Å². The Labute approximate surface area is 224 Å². The molecule has 0 radical (unpaired) electrons. The minimum absolute atomic E-state index is 0.262. The number of ether oxygens (including phenoxy) is 6. The molecule has 0 saturated carbocycles. The Hall–Kier alpha value is -1.78. The highest BCUT2D eigenvalue weighted by Crippen LogP contribution is 2.25. The average molecular weight is 551 g/mol. The van der Waals surface area contributed by atoms with Crippen molar-refractivity contribution in [1.82, 2.24) is 21.6 Å². The number of hydroxylamine groups is 2. The monoisotopic (exact) mass is 550 g/mol. The summed E-state index contributed by atoms with van der Waals surface area (Å²) in [6.45, 7) is 4.68. The number of carbonyl (C=O) groups is 2. The van der Waals surface area contributed by atoms with Crippen molar-refractivity contribution in [3.8, 4) is 0 Å². The van der Waals surface area contributed by atoms with Crippen LogP contribution in [-0.4, -0.2) is 103 Å². The van der Waals surface area contributed by atoms with Crippen LogP contribution in [0.2, 0.25) is 0 Å². The van der Waals surface area contributed by atoms with Crippen molar-refractivity contribution in [2.45, 2.75) is 102 Å². The van der Waals surface area contributed by atoms with Gasteiger partial charge < -0.3 is 39.1 Å². The lowest BCUT2D eigenvalue weighted by molar-refractivity contribution is -0.258. The first-order chi connectivity index (χ1) is 18.3. The third-order valence-corrected chi connectivity index (χ3v) is 6.62. The molecular weight excluding hydrogens is 504 g/mol. The van der Waals surface area contributed by atoms with E-state index >= 15 is 0 Å². The van der Waals surface area contributed by atoms with Crippen molar-refractivity contribution in [1.29, 1.82) is 0 Å². The normalized spacial score (nSPS) is 31.4. The fraction of sp³-hybridized carbons (Fsp3) is 0.917. The smallest absolute Gasteiger partial charge is 0.338 e. The topological polar surface area (TPSA) is 156 Å². The zero-order valence-electron chi connectivity index (χ0n) is 23.4.